The van der Waals surface area contributed by atoms with Crippen LogP contribution in [0.25, 0.3) is 0 Å². The Labute approximate surface area is 212 Å². The van der Waals surface area contributed by atoms with E-state index in [0.29, 0.717) is 44.8 Å². The molecular weight excluding hydrogens is 464 g/mol. The van der Waals surface area contributed by atoms with Gasteiger partial charge in [-0.2, -0.15) is 0 Å². The summed E-state index contributed by atoms with van der Waals surface area (Å²) in [7, 11) is 5.07. The number of urea groups is 2. The van der Waals surface area contributed by atoms with E-state index in [2.05, 4.69) is 11.4 Å². The summed E-state index contributed by atoms with van der Waals surface area (Å²) in [6.45, 7) is 6.27. The molecule has 0 spiro atoms. The number of fused-ring (bicyclic) bond motifs is 1. The van der Waals surface area contributed by atoms with Crippen LogP contribution in [-0.4, -0.2) is 67.7 Å². The van der Waals surface area contributed by atoms with Crippen LogP contribution in [0.3, 0.4) is 0 Å². The zero-order chi connectivity index (χ0) is 25.4. The van der Waals surface area contributed by atoms with Crippen molar-refractivity contribution < 1.29 is 19.1 Å². The number of rotatable bonds is 9. The molecule has 0 bridgehead atoms. The van der Waals surface area contributed by atoms with Crippen molar-refractivity contribution in [2.45, 2.75) is 39.7 Å². The van der Waals surface area contributed by atoms with Crippen molar-refractivity contribution in [3.05, 3.63) is 52.5 Å². The van der Waals surface area contributed by atoms with E-state index in [1.807, 2.05) is 53.3 Å². The Kier molecular flexibility index (Phi) is 9.42. The third kappa shape index (κ3) is 6.48. The highest BCUT2D eigenvalue weighted by atomic mass is 32.1. The summed E-state index contributed by atoms with van der Waals surface area (Å²) in [6, 6.07) is 7.50. The van der Waals surface area contributed by atoms with Crippen LogP contribution in [0.2, 0.25) is 0 Å². The summed E-state index contributed by atoms with van der Waals surface area (Å²) in [5.41, 5.74) is 3.04. The fourth-order valence-corrected chi connectivity index (χ4v) is 4.80. The van der Waals surface area contributed by atoms with Crippen LogP contribution in [0.4, 0.5) is 14.6 Å². The SMILES string of the molecule is CCN(CC)C(=O)N1Cc2cc(OC)cc(OC)c2CC=C1CCCN(C)C(=O)Nc1cccs1. The number of thiophene rings is 1. The van der Waals surface area contributed by atoms with Crippen LogP contribution in [0, 0.1) is 0 Å². The second-order valence-electron chi connectivity index (χ2n) is 8.34. The third-order valence-corrected chi connectivity index (χ3v) is 7.02. The number of carbonyl (C=O) groups is 2. The second-order valence-corrected chi connectivity index (χ2v) is 9.29. The molecule has 2 heterocycles. The molecule has 0 saturated carbocycles. The van der Waals surface area contributed by atoms with E-state index >= 15 is 0 Å². The lowest BCUT2D eigenvalue weighted by Gasteiger charge is -2.31. The minimum Gasteiger partial charge on any atom is -0.497 e. The number of anilines is 1. The van der Waals surface area contributed by atoms with Gasteiger partial charge in [0, 0.05) is 44.0 Å². The maximum Gasteiger partial charge on any atom is 0.324 e. The number of methoxy groups -OCH3 is 2. The van der Waals surface area contributed by atoms with E-state index in [1.165, 1.54) is 11.3 Å². The summed E-state index contributed by atoms with van der Waals surface area (Å²) in [4.78, 5) is 31.3. The number of hydrogen-bond acceptors (Lipinski definition) is 5. The summed E-state index contributed by atoms with van der Waals surface area (Å²) < 4.78 is 11.1. The van der Waals surface area contributed by atoms with Gasteiger partial charge >= 0.3 is 12.1 Å². The van der Waals surface area contributed by atoms with E-state index in [0.717, 1.165) is 34.0 Å². The first kappa shape index (κ1) is 26.4. The van der Waals surface area contributed by atoms with Crippen molar-refractivity contribution in [2.75, 3.05) is 46.2 Å². The van der Waals surface area contributed by atoms with Gasteiger partial charge in [-0.3, -0.25) is 10.2 Å². The molecule has 0 fully saturated rings. The van der Waals surface area contributed by atoms with Crippen molar-refractivity contribution in [3.63, 3.8) is 0 Å². The summed E-state index contributed by atoms with van der Waals surface area (Å²) in [6.07, 6.45) is 4.19. The number of ether oxygens (including phenoxy) is 2. The Balaban J connectivity index is 1.77. The van der Waals surface area contributed by atoms with Gasteiger partial charge < -0.3 is 19.3 Å². The molecular formula is C26H36N4O4S. The molecule has 3 rings (SSSR count). The van der Waals surface area contributed by atoms with Crippen molar-refractivity contribution >= 4 is 28.4 Å². The molecule has 8 nitrogen and oxygen atoms in total. The fourth-order valence-electron chi connectivity index (χ4n) is 4.19. The first-order valence-corrected chi connectivity index (χ1v) is 12.8. The maximum atomic E-state index is 13.5. The number of amides is 4. The van der Waals surface area contributed by atoms with Crippen molar-refractivity contribution in [3.8, 4) is 11.5 Å². The Bertz CT molecular complexity index is 1030. The first-order valence-electron chi connectivity index (χ1n) is 12.0. The Morgan fingerprint density at radius 2 is 1.94 bits per heavy atom. The standard InChI is InChI=1S/C26H36N4O4S/c1-6-29(7-2)26(32)30-18-19-16-21(33-4)17-23(34-5)22(19)13-12-20(30)10-8-14-28(3)25(31)27-24-11-9-15-35-24/h9,11-12,15-17H,6-8,10,13-14,18H2,1-5H3,(H,27,31). The van der Waals surface area contributed by atoms with E-state index < -0.39 is 0 Å². The minimum atomic E-state index is -0.136. The lowest BCUT2D eigenvalue weighted by molar-refractivity contribution is 0.166. The van der Waals surface area contributed by atoms with E-state index in [4.69, 9.17) is 9.47 Å². The molecule has 190 valence electrons. The zero-order valence-electron chi connectivity index (χ0n) is 21.3. The first-order chi connectivity index (χ1) is 16.9. The van der Waals surface area contributed by atoms with E-state index in [-0.39, 0.29) is 12.1 Å². The van der Waals surface area contributed by atoms with Crippen LogP contribution in [0.15, 0.2) is 41.4 Å². The van der Waals surface area contributed by atoms with Crippen LogP contribution in [0.5, 0.6) is 11.5 Å². The smallest absolute Gasteiger partial charge is 0.324 e. The predicted octanol–water partition coefficient (Wildman–Crippen LogP) is 5.41. The number of hydrogen-bond donors (Lipinski definition) is 1. The minimum absolute atomic E-state index is 0.0142. The second kappa shape index (κ2) is 12.5. The Morgan fingerprint density at radius 1 is 1.17 bits per heavy atom. The van der Waals surface area contributed by atoms with Crippen molar-refractivity contribution in [1.29, 1.82) is 0 Å². The number of nitrogens with zero attached hydrogens (tertiary/aromatic N) is 3. The molecule has 0 atom stereocenters. The summed E-state index contributed by atoms with van der Waals surface area (Å²) in [5, 5.41) is 5.66. The maximum absolute atomic E-state index is 13.5. The number of allylic oxidation sites excluding steroid dienone is 2. The molecule has 9 heteroatoms. The topological polar surface area (TPSA) is 74.4 Å². The van der Waals surface area contributed by atoms with Gasteiger partial charge in [-0.15, -0.1) is 11.3 Å². The molecule has 1 aromatic heterocycles. The lowest BCUT2D eigenvalue weighted by atomic mass is 10.0. The van der Waals surface area contributed by atoms with Crippen LogP contribution in [0.1, 0.15) is 37.8 Å². The average molecular weight is 501 g/mol. The molecule has 1 N–H and O–H groups in total. The predicted molar refractivity (Wildman–Crippen MR) is 140 cm³/mol. The number of carbonyl (C=O) groups excluding carboxylic acids is 2. The third-order valence-electron chi connectivity index (χ3n) is 6.24. The van der Waals surface area contributed by atoms with Crippen LogP contribution < -0.4 is 14.8 Å². The molecule has 0 unspecified atom stereocenters. The molecule has 1 aliphatic rings. The van der Waals surface area contributed by atoms with E-state index in [1.54, 1.807) is 26.2 Å². The zero-order valence-corrected chi connectivity index (χ0v) is 22.1. The summed E-state index contributed by atoms with van der Waals surface area (Å²) in [5.74, 6) is 1.47. The highest BCUT2D eigenvalue weighted by molar-refractivity contribution is 7.14. The van der Waals surface area contributed by atoms with Crippen LogP contribution in [-0.2, 0) is 13.0 Å². The molecule has 35 heavy (non-hydrogen) atoms. The molecule has 0 saturated heterocycles. The van der Waals surface area contributed by atoms with E-state index in [9.17, 15) is 9.59 Å². The monoisotopic (exact) mass is 500 g/mol. The van der Waals surface area contributed by atoms with Crippen molar-refractivity contribution in [2.24, 2.45) is 0 Å². The normalized spacial score (nSPS) is 12.8. The molecule has 0 aliphatic carbocycles. The van der Waals surface area contributed by atoms with Gasteiger partial charge in [0.25, 0.3) is 0 Å². The van der Waals surface area contributed by atoms with Gasteiger partial charge in [-0.1, -0.05) is 6.08 Å². The molecule has 0 radical (unpaired) electrons. The quantitative estimate of drug-likeness (QED) is 0.499. The van der Waals surface area contributed by atoms with Gasteiger partial charge in [0.05, 0.1) is 25.8 Å². The fraction of sp³-hybridized carbons (Fsp3) is 0.462. The van der Waals surface area contributed by atoms with Gasteiger partial charge in [0.2, 0.25) is 0 Å². The lowest BCUT2D eigenvalue weighted by Crippen LogP contribution is -2.42. The largest absolute Gasteiger partial charge is 0.497 e. The van der Waals surface area contributed by atoms with Gasteiger partial charge in [-0.05, 0) is 62.3 Å². The summed E-state index contributed by atoms with van der Waals surface area (Å²) >= 11 is 1.49. The highest BCUT2D eigenvalue weighted by Gasteiger charge is 2.27. The Morgan fingerprint density at radius 3 is 2.57 bits per heavy atom. The number of nitrogens with one attached hydrogen (secondary N) is 1. The van der Waals surface area contributed by atoms with Gasteiger partial charge in [-0.25, -0.2) is 9.59 Å². The molecule has 4 amide bonds. The molecule has 1 aliphatic heterocycles. The van der Waals surface area contributed by atoms with Gasteiger partial charge in [0.15, 0.2) is 0 Å². The molecule has 1 aromatic carbocycles. The molecule has 2 aromatic rings. The van der Waals surface area contributed by atoms with Crippen molar-refractivity contribution in [1.82, 2.24) is 14.7 Å². The van der Waals surface area contributed by atoms with Gasteiger partial charge in [0.1, 0.15) is 11.5 Å². The average Bonchev–Trinajstić information content (AvgIpc) is 3.30. The number of benzene rings is 1. The Hall–Kier alpha value is -3.20. The van der Waals surface area contributed by atoms with Crippen LogP contribution >= 0.6 is 11.3 Å². The highest BCUT2D eigenvalue weighted by Crippen LogP contribution is 2.34.